The number of aliphatic hydroxyl groups excluding tert-OH is 1. The number of halogens is 6. The number of aryl methyl sites for hydroxylation is 2. The van der Waals surface area contributed by atoms with E-state index in [4.69, 9.17) is 0 Å². The third kappa shape index (κ3) is 25.9. The SMILES string of the molecule is Cc1ccc([S+](c2ccccc2)c2ccccc2)cc1.Cc1ccc([S+](c2ccccc2)c2ccccc2)cc1.Fc1ccc([S+](c2ccc(F)cc2)c2ccc(F)cc2)cc1.Fc1ccc([S+](c2ccccc2)c2ccc(F)cc2)cc1.Fc1ccc([S+](c2ccccc2)c2ccccc2)cc1.OCc1ccc([S+](c2ccccc2)c2ccccc2)cc1. The van der Waals surface area contributed by atoms with Crippen molar-refractivity contribution in [3.05, 3.63) is 543 Å². The van der Waals surface area contributed by atoms with Gasteiger partial charge in [-0.15, -0.1) is 0 Å². The van der Waals surface area contributed by atoms with E-state index in [0.717, 1.165) is 39.8 Å². The predicted octanol–water partition coefficient (Wildman–Crippen LogP) is 29.6. The maximum absolute atomic E-state index is 13.2. The van der Waals surface area contributed by atoms with Gasteiger partial charge in [0.25, 0.3) is 0 Å². The lowest BCUT2D eigenvalue weighted by Gasteiger charge is -2.08. The van der Waals surface area contributed by atoms with Gasteiger partial charge in [0.2, 0.25) is 0 Å². The molecule has 612 valence electrons. The number of hydrogen-bond acceptors (Lipinski definition) is 1. The fourth-order valence-electron chi connectivity index (χ4n) is 13.0. The van der Waals surface area contributed by atoms with E-state index in [1.165, 1.54) is 138 Å². The van der Waals surface area contributed by atoms with E-state index in [2.05, 4.69) is 269 Å². The molecule has 18 aromatic carbocycles. The minimum atomic E-state index is -0.539. The molecule has 18 aromatic rings. The van der Waals surface area contributed by atoms with Crippen LogP contribution in [0.5, 0.6) is 0 Å². The minimum Gasteiger partial charge on any atom is -0.392 e. The quantitative estimate of drug-likeness (QED) is 0.0632. The maximum Gasteiger partial charge on any atom is 0.166 e. The summed E-state index contributed by atoms with van der Waals surface area (Å²) in [4.78, 5) is 21.5. The summed E-state index contributed by atoms with van der Waals surface area (Å²) in [6.07, 6.45) is 0. The number of rotatable bonds is 19. The lowest BCUT2D eigenvalue weighted by atomic mass is 10.2. The molecule has 0 aromatic heterocycles. The smallest absolute Gasteiger partial charge is 0.166 e. The summed E-state index contributed by atoms with van der Waals surface area (Å²) in [7, 11) is -1.25. The van der Waals surface area contributed by atoms with Crippen LogP contribution in [0.3, 0.4) is 0 Å². The molecular weight excluding hydrogens is 1660 g/mol. The van der Waals surface area contributed by atoms with Gasteiger partial charge in [-0.25, -0.2) is 26.3 Å². The zero-order valence-corrected chi connectivity index (χ0v) is 73.0. The lowest BCUT2D eigenvalue weighted by molar-refractivity contribution is 0.282. The Bertz CT molecular complexity index is 5490. The van der Waals surface area contributed by atoms with Crippen LogP contribution in [0.15, 0.2) is 579 Å². The van der Waals surface area contributed by atoms with Gasteiger partial charge in [-0.3, -0.25) is 0 Å². The molecule has 0 bridgehead atoms. The third-order valence-corrected chi connectivity index (χ3v) is 32.3. The van der Waals surface area contributed by atoms with E-state index >= 15 is 0 Å². The fraction of sp³-hybridized carbons (Fsp3) is 0.0270. The Balaban J connectivity index is 0.000000128. The molecule has 0 spiro atoms. The van der Waals surface area contributed by atoms with Crippen LogP contribution in [0.1, 0.15) is 16.7 Å². The van der Waals surface area contributed by atoms with Gasteiger partial charge in [-0.2, -0.15) is 0 Å². The first kappa shape index (κ1) is 89.4. The molecule has 0 aliphatic rings. The Morgan fingerprint density at radius 3 is 0.371 bits per heavy atom. The summed E-state index contributed by atoms with van der Waals surface area (Å²) < 4.78 is 79.0. The predicted molar refractivity (Wildman–Crippen MR) is 504 cm³/mol. The summed E-state index contributed by atoms with van der Waals surface area (Å²) >= 11 is 0. The molecular formula is C111H90F6OS6+6. The van der Waals surface area contributed by atoms with E-state index in [0.29, 0.717) is 0 Å². The monoisotopic (exact) mass is 1740 g/mol. The van der Waals surface area contributed by atoms with Crippen LogP contribution in [0, 0.1) is 48.8 Å². The molecule has 0 saturated carbocycles. The molecule has 0 atom stereocenters. The van der Waals surface area contributed by atoms with Gasteiger partial charge < -0.3 is 5.11 Å². The first-order valence-corrected chi connectivity index (χ1v) is 47.4. The van der Waals surface area contributed by atoms with Crippen LogP contribution in [0.4, 0.5) is 26.3 Å². The Morgan fingerprint density at radius 2 is 0.250 bits per heavy atom. The zero-order chi connectivity index (χ0) is 86.0. The van der Waals surface area contributed by atoms with Gasteiger partial charge in [-0.05, 0) is 311 Å². The molecule has 124 heavy (non-hydrogen) atoms. The molecule has 1 N–H and O–H groups in total. The van der Waals surface area contributed by atoms with Crippen LogP contribution in [0.25, 0.3) is 0 Å². The molecule has 0 aliphatic carbocycles. The second-order valence-electron chi connectivity index (χ2n) is 27.8. The van der Waals surface area contributed by atoms with E-state index in [1.54, 1.807) is 60.7 Å². The second kappa shape index (κ2) is 46.7. The maximum atomic E-state index is 13.2. The van der Waals surface area contributed by atoms with E-state index < -0.39 is 10.9 Å². The topological polar surface area (TPSA) is 20.2 Å². The highest BCUT2D eigenvalue weighted by molar-refractivity contribution is 7.98. The summed E-state index contributed by atoms with van der Waals surface area (Å²) in [6, 6.07) is 159. The molecule has 0 fully saturated rings. The molecule has 0 heterocycles. The van der Waals surface area contributed by atoms with Gasteiger partial charge in [0.05, 0.1) is 72.0 Å². The van der Waals surface area contributed by atoms with Crippen molar-refractivity contribution in [3.8, 4) is 0 Å². The van der Waals surface area contributed by atoms with Gasteiger partial charge >= 0.3 is 0 Å². The number of benzene rings is 18. The van der Waals surface area contributed by atoms with E-state index in [-0.39, 0.29) is 96.0 Å². The van der Waals surface area contributed by atoms with Crippen molar-refractivity contribution >= 4 is 65.4 Å². The second-order valence-corrected chi connectivity index (χ2v) is 40.0. The average molecular weight is 1750 g/mol. The minimum absolute atomic E-state index is 0.0229. The van der Waals surface area contributed by atoms with Crippen LogP contribution in [-0.4, -0.2) is 5.11 Å². The average Bonchev–Trinajstić information content (AvgIpc) is 0.899. The molecule has 0 amide bonds. The van der Waals surface area contributed by atoms with Gasteiger partial charge in [0.15, 0.2) is 88.1 Å². The molecule has 0 radical (unpaired) electrons. The number of aliphatic hydroxyl groups is 1. The molecule has 0 saturated heterocycles. The van der Waals surface area contributed by atoms with E-state index in [1.807, 2.05) is 103 Å². The molecule has 13 heteroatoms. The first-order valence-electron chi connectivity index (χ1n) is 40.1. The van der Waals surface area contributed by atoms with Gasteiger partial charge in [0, 0.05) is 0 Å². The normalized spacial score (nSPS) is 10.8. The highest BCUT2D eigenvalue weighted by atomic mass is 32.2. The molecule has 1 nitrogen and oxygen atoms in total. The molecule has 0 unspecified atom stereocenters. The van der Waals surface area contributed by atoms with Gasteiger partial charge in [0.1, 0.15) is 34.9 Å². The Kier molecular flexibility index (Phi) is 33.7. The Hall–Kier alpha value is -12.4. The van der Waals surface area contributed by atoms with Crippen LogP contribution in [-0.2, 0) is 72.0 Å². The summed E-state index contributed by atoms with van der Waals surface area (Å²) in [5.74, 6) is -1.65. The summed E-state index contributed by atoms with van der Waals surface area (Å²) in [6.45, 7) is 4.35. The third-order valence-electron chi connectivity index (χ3n) is 19.0. The molecule has 18 rings (SSSR count). The zero-order valence-electron chi connectivity index (χ0n) is 68.1. The van der Waals surface area contributed by atoms with Gasteiger partial charge in [-0.1, -0.05) is 211 Å². The number of hydrogen-bond donors (Lipinski definition) is 1. The Labute approximate surface area is 742 Å². The highest BCUT2D eigenvalue weighted by Gasteiger charge is 2.34. The summed E-state index contributed by atoms with van der Waals surface area (Å²) in [5.41, 5.74) is 3.56. The molecule has 0 aliphatic heterocycles. The first-order chi connectivity index (χ1) is 60.8. The van der Waals surface area contributed by atoms with Crippen molar-refractivity contribution in [1.82, 2.24) is 0 Å². The van der Waals surface area contributed by atoms with Crippen molar-refractivity contribution in [3.63, 3.8) is 0 Å². The van der Waals surface area contributed by atoms with Crippen LogP contribution in [0.2, 0.25) is 0 Å². The van der Waals surface area contributed by atoms with Crippen molar-refractivity contribution in [2.24, 2.45) is 0 Å². The van der Waals surface area contributed by atoms with E-state index in [9.17, 15) is 31.4 Å². The summed E-state index contributed by atoms with van der Waals surface area (Å²) in [5, 5.41) is 9.20. The van der Waals surface area contributed by atoms with Crippen molar-refractivity contribution in [2.45, 2.75) is 109 Å². The van der Waals surface area contributed by atoms with Crippen molar-refractivity contribution in [1.29, 1.82) is 0 Å². The van der Waals surface area contributed by atoms with Crippen molar-refractivity contribution < 1.29 is 31.4 Å². The standard InChI is InChI=1S/C19H17OS.2C19H17S.C18H12F3S.C18H13F2S.C18H14FS/c20-15-16-11-13-19(14-12-16)21(17-7-3-1-4-8-17)18-9-5-2-6-10-18;2*1-16-12-14-19(15-13-16)20(17-8-4-2-5-9-17)18-10-6-3-7-11-18;19-13-1-7-16(8-2-13)22(17-9-3-14(20)4-10-17)18-11-5-15(21)6-12-18;19-14-6-10-17(11-7-14)21(16-4-2-1-3-5-16)18-12-8-15(20)9-13-18;19-15-11-13-18(14-12-15)20(16-7-3-1-4-8-16)17-9-5-2-6-10-17/h1-14,20H,15H2;2*2-15H,1H3;1-12H;1-13H;1-14H/q6*+1. The highest BCUT2D eigenvalue weighted by Crippen LogP contribution is 2.38. The van der Waals surface area contributed by atoms with Crippen molar-refractivity contribution in [2.75, 3.05) is 0 Å². The largest absolute Gasteiger partial charge is 0.392 e. The Morgan fingerprint density at radius 1 is 0.145 bits per heavy atom. The lowest BCUT2D eigenvalue weighted by Crippen LogP contribution is -2.05. The van der Waals surface area contributed by atoms with Crippen LogP contribution < -0.4 is 0 Å². The van der Waals surface area contributed by atoms with Crippen LogP contribution >= 0.6 is 0 Å². The fourth-order valence-corrected chi connectivity index (χ4v) is 25.4.